The summed E-state index contributed by atoms with van der Waals surface area (Å²) in [5.41, 5.74) is 0.893. The summed E-state index contributed by atoms with van der Waals surface area (Å²) >= 11 is 0. The number of benzene rings is 1. The number of hydrogen-bond donors (Lipinski definition) is 1. The number of furan rings is 1. The van der Waals surface area contributed by atoms with E-state index < -0.39 is 5.97 Å². The Hall–Kier alpha value is -2.82. The van der Waals surface area contributed by atoms with Crippen LogP contribution in [-0.4, -0.2) is 19.0 Å². The quantitative estimate of drug-likeness (QED) is 0.692. The van der Waals surface area contributed by atoms with Crippen molar-refractivity contribution in [2.45, 2.75) is 6.92 Å². The molecule has 1 heterocycles. The van der Waals surface area contributed by atoms with Gasteiger partial charge in [-0.05, 0) is 43.3 Å². The van der Waals surface area contributed by atoms with Crippen molar-refractivity contribution in [2.75, 3.05) is 12.4 Å². The average Bonchev–Trinajstić information content (AvgIpc) is 2.90. The number of methoxy groups -OCH3 is 1. The van der Waals surface area contributed by atoms with Crippen molar-refractivity contribution >= 4 is 23.6 Å². The molecule has 2 rings (SSSR count). The molecule has 0 aliphatic rings. The fraction of sp³-hybridized carbons (Fsp3) is 0.125. The minimum Gasteiger partial charge on any atom is -0.465 e. The molecular weight excluding hydrogens is 270 g/mol. The number of anilines is 1. The van der Waals surface area contributed by atoms with Gasteiger partial charge < -0.3 is 14.5 Å². The molecule has 2 aromatic rings. The third-order valence-electron chi connectivity index (χ3n) is 2.71. The van der Waals surface area contributed by atoms with Crippen molar-refractivity contribution in [3.8, 4) is 0 Å². The van der Waals surface area contributed by atoms with Crippen molar-refractivity contribution in [3.05, 3.63) is 59.6 Å². The topological polar surface area (TPSA) is 68.5 Å². The number of nitrogens with one attached hydrogen (secondary N) is 1. The van der Waals surface area contributed by atoms with Crippen molar-refractivity contribution in [2.24, 2.45) is 0 Å². The van der Waals surface area contributed by atoms with E-state index in [4.69, 9.17) is 4.42 Å². The SMILES string of the molecule is COC(=O)c1cccc(NC(=O)/C=C/c2ccc(C)o2)c1. The van der Waals surface area contributed by atoms with Gasteiger partial charge in [-0.2, -0.15) is 0 Å². The molecule has 0 fully saturated rings. The van der Waals surface area contributed by atoms with E-state index in [9.17, 15) is 9.59 Å². The summed E-state index contributed by atoms with van der Waals surface area (Å²) in [5.74, 6) is 0.616. The maximum Gasteiger partial charge on any atom is 0.337 e. The third kappa shape index (κ3) is 4.07. The molecule has 0 bridgehead atoms. The highest BCUT2D eigenvalue weighted by molar-refractivity contribution is 6.02. The van der Waals surface area contributed by atoms with Crippen molar-refractivity contribution in [1.82, 2.24) is 0 Å². The number of rotatable bonds is 4. The first-order valence-electron chi connectivity index (χ1n) is 6.32. The smallest absolute Gasteiger partial charge is 0.337 e. The maximum absolute atomic E-state index is 11.8. The summed E-state index contributed by atoms with van der Waals surface area (Å²) in [4.78, 5) is 23.2. The molecule has 0 atom stereocenters. The second kappa shape index (κ2) is 6.56. The highest BCUT2D eigenvalue weighted by Gasteiger charge is 2.06. The van der Waals surface area contributed by atoms with Crippen LogP contribution in [0.2, 0.25) is 0 Å². The molecular formula is C16H15NO4. The molecule has 1 amide bonds. The van der Waals surface area contributed by atoms with E-state index >= 15 is 0 Å². The van der Waals surface area contributed by atoms with E-state index in [-0.39, 0.29) is 5.91 Å². The molecule has 0 unspecified atom stereocenters. The zero-order valence-electron chi connectivity index (χ0n) is 11.8. The molecule has 0 aliphatic heterocycles. The summed E-state index contributed by atoms with van der Waals surface area (Å²) < 4.78 is 9.95. The lowest BCUT2D eigenvalue weighted by Crippen LogP contribution is -2.09. The van der Waals surface area contributed by atoms with Crippen LogP contribution in [0.15, 0.2) is 46.9 Å². The number of ether oxygens (including phenoxy) is 1. The van der Waals surface area contributed by atoms with Gasteiger partial charge in [0.15, 0.2) is 0 Å². The summed E-state index contributed by atoms with van der Waals surface area (Å²) in [6.07, 6.45) is 2.94. The maximum atomic E-state index is 11.8. The number of hydrogen-bond acceptors (Lipinski definition) is 4. The molecule has 0 spiro atoms. The molecule has 1 N–H and O–H groups in total. The number of carbonyl (C=O) groups excluding carboxylic acids is 2. The normalized spacial score (nSPS) is 10.6. The van der Waals surface area contributed by atoms with Crippen LogP contribution in [0.25, 0.3) is 6.08 Å². The molecule has 21 heavy (non-hydrogen) atoms. The van der Waals surface area contributed by atoms with Crippen LogP contribution in [0, 0.1) is 6.92 Å². The van der Waals surface area contributed by atoms with Gasteiger partial charge in [-0.3, -0.25) is 4.79 Å². The third-order valence-corrected chi connectivity index (χ3v) is 2.71. The molecule has 108 valence electrons. The Morgan fingerprint density at radius 2 is 2.05 bits per heavy atom. The van der Waals surface area contributed by atoms with Gasteiger partial charge in [0.1, 0.15) is 11.5 Å². The van der Waals surface area contributed by atoms with Crippen LogP contribution in [0.5, 0.6) is 0 Å². The Bertz CT molecular complexity index is 685. The standard InChI is InChI=1S/C16H15NO4/c1-11-6-7-14(21-11)8-9-15(18)17-13-5-3-4-12(10-13)16(19)20-2/h3-10H,1-2H3,(H,17,18)/b9-8+. The van der Waals surface area contributed by atoms with Crippen molar-refractivity contribution in [3.63, 3.8) is 0 Å². The molecule has 1 aromatic carbocycles. The van der Waals surface area contributed by atoms with Gasteiger partial charge in [0.2, 0.25) is 5.91 Å². The van der Waals surface area contributed by atoms with Gasteiger partial charge >= 0.3 is 5.97 Å². The molecule has 5 nitrogen and oxygen atoms in total. The minimum atomic E-state index is -0.451. The van der Waals surface area contributed by atoms with Gasteiger partial charge in [-0.1, -0.05) is 6.07 Å². The fourth-order valence-corrected chi connectivity index (χ4v) is 1.73. The van der Waals surface area contributed by atoms with Crippen molar-refractivity contribution in [1.29, 1.82) is 0 Å². The lowest BCUT2D eigenvalue weighted by molar-refractivity contribution is -0.111. The first-order chi connectivity index (χ1) is 10.1. The summed E-state index contributed by atoms with van der Waals surface area (Å²) in [5, 5.41) is 2.66. The highest BCUT2D eigenvalue weighted by atomic mass is 16.5. The van der Waals surface area contributed by atoms with Crippen LogP contribution in [0.4, 0.5) is 5.69 Å². The molecule has 5 heteroatoms. The van der Waals surface area contributed by atoms with Gasteiger partial charge in [0, 0.05) is 11.8 Å². The number of esters is 1. The van der Waals surface area contributed by atoms with E-state index in [1.165, 1.54) is 13.2 Å². The van der Waals surface area contributed by atoms with E-state index in [0.29, 0.717) is 17.0 Å². The predicted octanol–water partition coefficient (Wildman–Crippen LogP) is 3.03. The molecule has 0 aliphatic carbocycles. The van der Waals surface area contributed by atoms with E-state index in [1.807, 2.05) is 13.0 Å². The Morgan fingerprint density at radius 1 is 1.24 bits per heavy atom. The summed E-state index contributed by atoms with van der Waals surface area (Å²) in [7, 11) is 1.31. The van der Waals surface area contributed by atoms with Crippen LogP contribution in [-0.2, 0) is 9.53 Å². The zero-order valence-corrected chi connectivity index (χ0v) is 11.8. The Labute approximate surface area is 122 Å². The zero-order chi connectivity index (χ0) is 15.2. The fourth-order valence-electron chi connectivity index (χ4n) is 1.73. The van der Waals surface area contributed by atoms with Crippen LogP contribution < -0.4 is 5.32 Å². The monoisotopic (exact) mass is 285 g/mol. The van der Waals surface area contributed by atoms with Gasteiger partial charge in [0.05, 0.1) is 12.7 Å². The predicted molar refractivity (Wildman–Crippen MR) is 78.9 cm³/mol. The second-order valence-electron chi connectivity index (χ2n) is 4.34. The van der Waals surface area contributed by atoms with Crippen molar-refractivity contribution < 1.29 is 18.7 Å². The van der Waals surface area contributed by atoms with E-state index in [1.54, 1.807) is 36.4 Å². The van der Waals surface area contributed by atoms with E-state index in [2.05, 4.69) is 10.1 Å². The minimum absolute atomic E-state index is 0.314. The highest BCUT2D eigenvalue weighted by Crippen LogP contribution is 2.12. The Kier molecular flexibility index (Phi) is 4.56. The number of amides is 1. The van der Waals surface area contributed by atoms with Gasteiger partial charge in [0.25, 0.3) is 0 Å². The van der Waals surface area contributed by atoms with Crippen LogP contribution >= 0.6 is 0 Å². The largest absolute Gasteiger partial charge is 0.465 e. The summed E-state index contributed by atoms with van der Waals surface area (Å²) in [6, 6.07) is 10.1. The Morgan fingerprint density at radius 3 is 2.71 bits per heavy atom. The molecule has 0 saturated heterocycles. The summed E-state index contributed by atoms with van der Waals surface area (Å²) in [6.45, 7) is 1.83. The lowest BCUT2D eigenvalue weighted by atomic mass is 10.2. The molecule has 0 radical (unpaired) electrons. The molecule has 1 aromatic heterocycles. The van der Waals surface area contributed by atoms with Crippen LogP contribution in [0.1, 0.15) is 21.9 Å². The van der Waals surface area contributed by atoms with Crippen LogP contribution in [0.3, 0.4) is 0 Å². The Balaban J connectivity index is 2.02. The average molecular weight is 285 g/mol. The first-order valence-corrected chi connectivity index (χ1v) is 6.32. The molecule has 0 saturated carbocycles. The number of carbonyl (C=O) groups is 2. The van der Waals surface area contributed by atoms with Gasteiger partial charge in [-0.15, -0.1) is 0 Å². The van der Waals surface area contributed by atoms with E-state index in [0.717, 1.165) is 5.76 Å². The lowest BCUT2D eigenvalue weighted by Gasteiger charge is -2.04. The number of aryl methyl sites for hydroxylation is 1. The second-order valence-corrected chi connectivity index (χ2v) is 4.34. The first kappa shape index (κ1) is 14.6. The van der Waals surface area contributed by atoms with Gasteiger partial charge in [-0.25, -0.2) is 4.79 Å².